The fourth-order valence-corrected chi connectivity index (χ4v) is 1.92. The molecule has 2 N–H and O–H groups in total. The van der Waals surface area contributed by atoms with E-state index in [2.05, 4.69) is 15.3 Å². The van der Waals surface area contributed by atoms with Crippen molar-refractivity contribution in [2.75, 3.05) is 5.32 Å². The van der Waals surface area contributed by atoms with Crippen LogP contribution in [0.2, 0.25) is 0 Å². The molecule has 3 aromatic rings. The highest BCUT2D eigenvalue weighted by Gasteiger charge is 2.19. The Balaban J connectivity index is 2.11. The third-order valence-electron chi connectivity index (χ3n) is 2.83. The van der Waals surface area contributed by atoms with Gasteiger partial charge in [0.1, 0.15) is 11.3 Å². The molecular weight excluding hydrogens is 272 g/mol. The van der Waals surface area contributed by atoms with Gasteiger partial charge in [0.2, 0.25) is 11.3 Å². The molecule has 0 aliphatic rings. The molecule has 0 saturated heterocycles. The van der Waals surface area contributed by atoms with Crippen molar-refractivity contribution in [1.29, 1.82) is 0 Å². The highest BCUT2D eigenvalue weighted by molar-refractivity contribution is 5.79. The summed E-state index contributed by atoms with van der Waals surface area (Å²) in [7, 11) is 0. The zero-order valence-corrected chi connectivity index (χ0v) is 10.7. The fraction of sp³-hybridized carbons (Fsp3) is 0. The molecule has 0 aliphatic heterocycles. The van der Waals surface area contributed by atoms with Gasteiger partial charge in [-0.2, -0.15) is 0 Å². The molecule has 0 spiro atoms. The van der Waals surface area contributed by atoms with E-state index in [4.69, 9.17) is 0 Å². The third kappa shape index (κ3) is 2.57. The molecule has 1 heterocycles. The summed E-state index contributed by atoms with van der Waals surface area (Å²) in [4.78, 5) is 18.8. The maximum Gasteiger partial charge on any atom is 0.407 e. The Morgan fingerprint density at radius 1 is 1.05 bits per heavy atom. The molecule has 7 heteroatoms. The summed E-state index contributed by atoms with van der Waals surface area (Å²) >= 11 is 0. The van der Waals surface area contributed by atoms with E-state index < -0.39 is 4.92 Å². The summed E-state index contributed by atoms with van der Waals surface area (Å²) < 4.78 is 0. The Kier molecular flexibility index (Phi) is 3.07. The fourth-order valence-electron chi connectivity index (χ4n) is 1.92. The third-order valence-corrected chi connectivity index (χ3v) is 2.83. The first kappa shape index (κ1) is 12.8. The smallest absolute Gasteiger partial charge is 0.407 e. The largest absolute Gasteiger partial charge is 0.508 e. The van der Waals surface area contributed by atoms with E-state index in [9.17, 15) is 15.2 Å². The van der Waals surface area contributed by atoms with Gasteiger partial charge in [-0.1, -0.05) is 18.2 Å². The number of nitro groups is 1. The molecule has 2 aromatic carbocycles. The van der Waals surface area contributed by atoms with E-state index in [1.807, 2.05) is 0 Å². The minimum Gasteiger partial charge on any atom is -0.508 e. The van der Waals surface area contributed by atoms with Crippen LogP contribution in [0.4, 0.5) is 17.3 Å². The second kappa shape index (κ2) is 5.04. The van der Waals surface area contributed by atoms with Crippen molar-refractivity contribution >= 4 is 28.4 Å². The van der Waals surface area contributed by atoms with Crippen LogP contribution in [0.25, 0.3) is 11.0 Å². The number of rotatable bonds is 3. The van der Waals surface area contributed by atoms with Crippen molar-refractivity contribution in [2.45, 2.75) is 0 Å². The normalized spacial score (nSPS) is 10.5. The molecule has 0 unspecified atom stereocenters. The summed E-state index contributed by atoms with van der Waals surface area (Å²) in [6.45, 7) is 0. The molecular formula is C14H10N4O3. The van der Waals surface area contributed by atoms with Crippen LogP contribution in [0.3, 0.4) is 0 Å². The van der Waals surface area contributed by atoms with E-state index in [-0.39, 0.29) is 17.4 Å². The Bertz CT molecular complexity index is 835. The number of nitrogens with zero attached hydrogens (tertiary/aromatic N) is 3. The molecule has 0 amide bonds. The van der Waals surface area contributed by atoms with Gasteiger partial charge in [0, 0.05) is 11.8 Å². The van der Waals surface area contributed by atoms with Gasteiger partial charge in [-0.3, -0.25) is 0 Å². The van der Waals surface area contributed by atoms with Crippen molar-refractivity contribution in [3.8, 4) is 5.75 Å². The van der Waals surface area contributed by atoms with Gasteiger partial charge in [-0.15, -0.1) is 0 Å². The van der Waals surface area contributed by atoms with Crippen LogP contribution in [0.15, 0.2) is 48.5 Å². The van der Waals surface area contributed by atoms with E-state index >= 15 is 0 Å². The quantitative estimate of drug-likeness (QED) is 0.565. The first-order valence-electron chi connectivity index (χ1n) is 6.11. The van der Waals surface area contributed by atoms with Crippen molar-refractivity contribution in [3.63, 3.8) is 0 Å². The van der Waals surface area contributed by atoms with Crippen molar-refractivity contribution in [2.24, 2.45) is 0 Å². The van der Waals surface area contributed by atoms with Crippen LogP contribution < -0.4 is 5.32 Å². The SMILES string of the molecule is O=[N+]([O-])c1nc2ccccc2nc1Nc1cccc(O)c1. The van der Waals surface area contributed by atoms with Gasteiger partial charge in [-0.05, 0) is 34.2 Å². The lowest BCUT2D eigenvalue weighted by Gasteiger charge is -2.06. The second-order valence-corrected chi connectivity index (χ2v) is 4.32. The highest BCUT2D eigenvalue weighted by atomic mass is 16.6. The maximum atomic E-state index is 11.1. The number of aromatic hydroxyl groups is 1. The number of hydrogen-bond donors (Lipinski definition) is 2. The Morgan fingerprint density at radius 2 is 1.76 bits per heavy atom. The average Bonchev–Trinajstić information content (AvgIpc) is 2.46. The van der Waals surface area contributed by atoms with E-state index in [1.54, 1.807) is 36.4 Å². The lowest BCUT2D eigenvalue weighted by Crippen LogP contribution is -2.02. The van der Waals surface area contributed by atoms with E-state index in [1.165, 1.54) is 12.1 Å². The molecule has 0 bridgehead atoms. The van der Waals surface area contributed by atoms with Gasteiger partial charge in [0.15, 0.2) is 0 Å². The number of nitrogens with one attached hydrogen (secondary N) is 1. The number of para-hydroxylation sites is 2. The maximum absolute atomic E-state index is 11.1. The molecule has 7 nitrogen and oxygen atoms in total. The molecule has 104 valence electrons. The monoisotopic (exact) mass is 282 g/mol. The van der Waals surface area contributed by atoms with Crippen molar-refractivity contribution in [3.05, 3.63) is 58.6 Å². The number of phenols is 1. The van der Waals surface area contributed by atoms with Gasteiger partial charge >= 0.3 is 5.82 Å². The predicted octanol–water partition coefficient (Wildman–Crippen LogP) is 2.99. The zero-order valence-electron chi connectivity index (χ0n) is 10.7. The first-order valence-corrected chi connectivity index (χ1v) is 6.11. The predicted molar refractivity (Wildman–Crippen MR) is 77.6 cm³/mol. The minimum absolute atomic E-state index is 0.0318. The molecule has 0 aliphatic carbocycles. The molecule has 0 fully saturated rings. The summed E-state index contributed by atoms with van der Waals surface area (Å²) in [5, 5.41) is 23.4. The lowest BCUT2D eigenvalue weighted by molar-refractivity contribution is -0.388. The molecule has 1 aromatic heterocycles. The average molecular weight is 282 g/mol. The van der Waals surface area contributed by atoms with Crippen LogP contribution in [-0.2, 0) is 0 Å². The summed E-state index contributed by atoms with van der Waals surface area (Å²) in [6, 6.07) is 13.1. The topological polar surface area (TPSA) is 101 Å². The summed E-state index contributed by atoms with van der Waals surface area (Å²) in [5.41, 5.74) is 1.49. The number of anilines is 2. The molecule has 0 radical (unpaired) electrons. The molecule has 21 heavy (non-hydrogen) atoms. The molecule has 0 saturated carbocycles. The van der Waals surface area contributed by atoms with Gasteiger partial charge in [0.05, 0.1) is 0 Å². The Hall–Kier alpha value is -3.22. The highest BCUT2D eigenvalue weighted by Crippen LogP contribution is 2.27. The first-order chi connectivity index (χ1) is 10.1. The standard InChI is InChI=1S/C14H10N4O3/c19-10-5-3-4-9(8-10)15-13-14(18(20)21)17-12-7-2-1-6-11(12)16-13/h1-8,19H,(H,15,16). The van der Waals surface area contributed by atoms with Crippen LogP contribution >= 0.6 is 0 Å². The number of aromatic nitrogens is 2. The minimum atomic E-state index is -0.593. The zero-order chi connectivity index (χ0) is 14.8. The van der Waals surface area contributed by atoms with E-state index in [0.29, 0.717) is 16.7 Å². The Morgan fingerprint density at radius 3 is 2.43 bits per heavy atom. The van der Waals surface area contributed by atoms with Gasteiger partial charge in [-0.25, -0.2) is 4.98 Å². The van der Waals surface area contributed by atoms with Gasteiger partial charge < -0.3 is 20.5 Å². The molecule has 3 rings (SSSR count). The van der Waals surface area contributed by atoms with Crippen molar-refractivity contribution in [1.82, 2.24) is 9.97 Å². The van der Waals surface area contributed by atoms with Crippen LogP contribution in [-0.4, -0.2) is 20.0 Å². The molecule has 0 atom stereocenters. The number of phenolic OH excluding ortho intramolecular Hbond substituents is 1. The van der Waals surface area contributed by atoms with Crippen molar-refractivity contribution < 1.29 is 10.0 Å². The van der Waals surface area contributed by atoms with Crippen LogP contribution in [0.5, 0.6) is 5.75 Å². The number of hydrogen-bond acceptors (Lipinski definition) is 6. The van der Waals surface area contributed by atoms with Gasteiger partial charge in [0.25, 0.3) is 0 Å². The number of fused-ring (bicyclic) bond motifs is 1. The lowest BCUT2D eigenvalue weighted by atomic mass is 10.3. The second-order valence-electron chi connectivity index (χ2n) is 4.32. The Labute approximate surface area is 119 Å². The van der Waals surface area contributed by atoms with Crippen LogP contribution in [0.1, 0.15) is 0 Å². The van der Waals surface area contributed by atoms with Crippen LogP contribution in [0, 0.1) is 10.1 Å². The number of benzene rings is 2. The summed E-state index contributed by atoms with van der Waals surface area (Å²) in [5.74, 6) is -0.280. The van der Waals surface area contributed by atoms with E-state index in [0.717, 1.165) is 0 Å². The summed E-state index contributed by atoms with van der Waals surface area (Å²) in [6.07, 6.45) is 0.